The van der Waals surface area contributed by atoms with Gasteiger partial charge in [-0.05, 0) is 56.4 Å². The average molecular weight is 628 g/mol. The number of carbonyl (C=O) groups is 4. The van der Waals surface area contributed by atoms with Crippen molar-refractivity contribution in [2.45, 2.75) is 69.9 Å². The third kappa shape index (κ3) is 5.64. The fraction of sp³-hybridized carbons (Fsp3) is 0.444. The number of nitrogens with one attached hydrogen (secondary N) is 1. The van der Waals surface area contributed by atoms with E-state index in [0.29, 0.717) is 12.8 Å². The minimum absolute atomic E-state index is 0.137. The van der Waals surface area contributed by atoms with Gasteiger partial charge in [0.25, 0.3) is 5.91 Å². The van der Waals surface area contributed by atoms with E-state index in [-0.39, 0.29) is 31.3 Å². The summed E-state index contributed by atoms with van der Waals surface area (Å²) in [4.78, 5) is 59.0. The molecular formula is C36H41N3O7. The number of amides is 3. The highest BCUT2D eigenvalue weighted by Crippen LogP contribution is 2.54. The molecule has 4 heterocycles. The zero-order valence-electron chi connectivity index (χ0n) is 26.4. The van der Waals surface area contributed by atoms with Gasteiger partial charge in [-0.3, -0.25) is 19.2 Å². The summed E-state index contributed by atoms with van der Waals surface area (Å²) in [5.74, 6) is -3.70. The van der Waals surface area contributed by atoms with Crippen LogP contribution in [-0.4, -0.2) is 83.3 Å². The molecule has 242 valence electrons. The zero-order chi connectivity index (χ0) is 32.6. The van der Waals surface area contributed by atoms with Gasteiger partial charge in [0.05, 0.1) is 31.2 Å². The van der Waals surface area contributed by atoms with Gasteiger partial charge in [-0.2, -0.15) is 0 Å². The van der Waals surface area contributed by atoms with Crippen LogP contribution in [0.25, 0.3) is 0 Å². The molecule has 10 nitrogen and oxygen atoms in total. The minimum Gasteiger partial charge on any atom is -0.460 e. The third-order valence-electron chi connectivity index (χ3n) is 9.55. The Balaban J connectivity index is 1.48. The van der Waals surface area contributed by atoms with E-state index in [1.807, 2.05) is 68.5 Å². The highest BCUT2D eigenvalue weighted by molar-refractivity contribution is 6.06. The number of allylic oxidation sites excluding steroid dienone is 1. The first kappa shape index (κ1) is 31.7. The van der Waals surface area contributed by atoms with E-state index in [2.05, 4.69) is 5.32 Å². The fourth-order valence-electron chi connectivity index (χ4n) is 7.36. The minimum atomic E-state index is -1.50. The molecule has 6 rings (SSSR count). The lowest BCUT2D eigenvalue weighted by Gasteiger charge is -2.39. The number of likely N-dealkylation sites (tertiary alicyclic amines) is 1. The first-order chi connectivity index (χ1) is 22.1. The van der Waals surface area contributed by atoms with E-state index >= 15 is 0 Å². The predicted octanol–water partition coefficient (Wildman–Crippen LogP) is 2.79. The molecule has 7 atom stereocenters. The Labute approximate surface area is 269 Å². The molecule has 2 aromatic carbocycles. The molecule has 4 aliphatic rings. The highest BCUT2D eigenvalue weighted by Gasteiger charge is 2.72. The lowest BCUT2D eigenvalue weighted by molar-refractivity contribution is -0.159. The highest BCUT2D eigenvalue weighted by atomic mass is 16.6. The summed E-state index contributed by atoms with van der Waals surface area (Å²) in [6.07, 6.45) is 6.57. The summed E-state index contributed by atoms with van der Waals surface area (Å²) in [7, 11) is 0. The maximum absolute atomic E-state index is 14.9. The number of cyclic esters (lactones) is 1. The SMILES string of the molecule is Cc1ccc(C)c(N2CC=C[C@]34O[C@@H]5/C=C\CCC(=O)NC[C@@H](C)OC(=O)[C@@H]5[C@H]3C(=O)N([C@@H](CO)Cc3ccccc3)[C@@H]4C2=O)c1. The van der Waals surface area contributed by atoms with Crippen LogP contribution in [0.4, 0.5) is 5.69 Å². The normalized spacial score (nSPS) is 31.1. The second-order valence-electron chi connectivity index (χ2n) is 12.8. The van der Waals surface area contributed by atoms with Crippen LogP contribution in [0.15, 0.2) is 72.8 Å². The molecule has 1 spiro atoms. The van der Waals surface area contributed by atoms with Crippen molar-refractivity contribution in [2.75, 3.05) is 24.6 Å². The Bertz CT molecular complexity index is 1570. The number of ether oxygens (including phenoxy) is 2. The molecule has 0 saturated carbocycles. The molecule has 2 aromatic rings. The van der Waals surface area contributed by atoms with Crippen molar-refractivity contribution in [1.29, 1.82) is 0 Å². The number of hydrogen-bond donors (Lipinski definition) is 2. The fourth-order valence-corrected chi connectivity index (χ4v) is 7.36. The van der Waals surface area contributed by atoms with Crippen LogP contribution in [0.3, 0.4) is 0 Å². The number of carbonyl (C=O) groups excluding carboxylic acids is 4. The second-order valence-corrected chi connectivity index (χ2v) is 12.8. The summed E-state index contributed by atoms with van der Waals surface area (Å²) < 4.78 is 12.6. The molecule has 2 N–H and O–H groups in total. The number of fused-ring (bicyclic) bond motifs is 2. The number of aliphatic hydroxyl groups excluding tert-OH is 1. The van der Waals surface area contributed by atoms with E-state index in [0.717, 1.165) is 22.4 Å². The van der Waals surface area contributed by atoms with Crippen LogP contribution in [0.5, 0.6) is 0 Å². The summed E-state index contributed by atoms with van der Waals surface area (Å²) >= 11 is 0. The van der Waals surface area contributed by atoms with Crippen LogP contribution < -0.4 is 10.2 Å². The molecule has 4 aliphatic heterocycles. The van der Waals surface area contributed by atoms with Crippen molar-refractivity contribution >= 4 is 29.4 Å². The van der Waals surface area contributed by atoms with Crippen molar-refractivity contribution in [3.05, 3.63) is 89.5 Å². The summed E-state index contributed by atoms with van der Waals surface area (Å²) in [5.41, 5.74) is 2.00. The molecule has 46 heavy (non-hydrogen) atoms. The van der Waals surface area contributed by atoms with Crippen LogP contribution in [-0.2, 0) is 35.1 Å². The van der Waals surface area contributed by atoms with Crippen molar-refractivity contribution < 1.29 is 33.8 Å². The van der Waals surface area contributed by atoms with Crippen molar-refractivity contribution in [2.24, 2.45) is 11.8 Å². The van der Waals surface area contributed by atoms with E-state index < -0.39 is 60.2 Å². The molecule has 0 unspecified atom stereocenters. The lowest BCUT2D eigenvalue weighted by Crippen LogP contribution is -2.58. The number of esters is 1. The summed E-state index contributed by atoms with van der Waals surface area (Å²) in [5, 5.41) is 13.6. The average Bonchev–Trinajstić information content (AvgIpc) is 3.43. The number of benzene rings is 2. The third-order valence-corrected chi connectivity index (χ3v) is 9.55. The molecule has 2 saturated heterocycles. The Morgan fingerprint density at radius 2 is 1.83 bits per heavy atom. The topological polar surface area (TPSA) is 125 Å². The van der Waals surface area contributed by atoms with Gasteiger partial charge in [0.2, 0.25) is 11.8 Å². The lowest BCUT2D eigenvalue weighted by atomic mass is 9.78. The number of hydrogen-bond acceptors (Lipinski definition) is 7. The monoisotopic (exact) mass is 627 g/mol. The summed E-state index contributed by atoms with van der Waals surface area (Å²) in [6.45, 7) is 5.56. The number of aryl methyl sites for hydroxylation is 2. The van der Waals surface area contributed by atoms with Crippen molar-refractivity contribution in [1.82, 2.24) is 10.2 Å². The van der Waals surface area contributed by atoms with E-state index in [4.69, 9.17) is 9.47 Å². The Morgan fingerprint density at radius 3 is 2.59 bits per heavy atom. The second kappa shape index (κ2) is 12.8. The van der Waals surface area contributed by atoms with Gasteiger partial charge in [0.15, 0.2) is 0 Å². The molecule has 10 heteroatoms. The van der Waals surface area contributed by atoms with Crippen molar-refractivity contribution in [3.63, 3.8) is 0 Å². The molecule has 0 bridgehead atoms. The Hall–Kier alpha value is -4.28. The smallest absolute Gasteiger partial charge is 0.313 e. The molecule has 3 amide bonds. The molecule has 0 radical (unpaired) electrons. The van der Waals surface area contributed by atoms with Gasteiger partial charge in [-0.1, -0.05) is 66.8 Å². The van der Waals surface area contributed by atoms with Gasteiger partial charge in [-0.25, -0.2) is 0 Å². The number of rotatable bonds is 5. The largest absolute Gasteiger partial charge is 0.460 e. The molecule has 0 aromatic heterocycles. The quantitative estimate of drug-likeness (QED) is 0.386. The first-order valence-corrected chi connectivity index (χ1v) is 16.0. The Morgan fingerprint density at radius 1 is 1.04 bits per heavy atom. The van der Waals surface area contributed by atoms with Gasteiger partial charge in [0, 0.05) is 18.7 Å². The van der Waals surface area contributed by atoms with Crippen LogP contribution >= 0.6 is 0 Å². The number of anilines is 1. The maximum Gasteiger partial charge on any atom is 0.313 e. The van der Waals surface area contributed by atoms with E-state index in [1.54, 1.807) is 30.1 Å². The van der Waals surface area contributed by atoms with Gasteiger partial charge >= 0.3 is 5.97 Å². The zero-order valence-corrected chi connectivity index (χ0v) is 26.4. The van der Waals surface area contributed by atoms with Crippen LogP contribution in [0, 0.1) is 25.7 Å². The first-order valence-electron chi connectivity index (χ1n) is 16.0. The van der Waals surface area contributed by atoms with Gasteiger partial charge in [0.1, 0.15) is 23.7 Å². The number of aliphatic hydroxyl groups is 1. The van der Waals surface area contributed by atoms with Gasteiger partial charge < -0.3 is 29.7 Å². The van der Waals surface area contributed by atoms with E-state index in [9.17, 15) is 24.3 Å². The summed E-state index contributed by atoms with van der Waals surface area (Å²) in [6, 6.07) is 13.5. The molecular weight excluding hydrogens is 586 g/mol. The predicted molar refractivity (Wildman–Crippen MR) is 171 cm³/mol. The van der Waals surface area contributed by atoms with E-state index in [1.165, 1.54) is 4.90 Å². The molecule has 2 fully saturated rings. The standard InChI is InChI=1S/C36H41N3O7/c1-22-14-15-23(2)27(18-22)38-17-9-16-36-31(30-28(46-36)12-7-8-13-29(41)37-20-24(3)45-35(30)44)33(42)39(32(36)34(38)43)26(21-40)19-25-10-5-4-6-11-25/h4-7,9-12,14-16,18,24,26,28,30-32,40H,8,13,17,19-21H2,1-3H3,(H,37,41)/b12-7-/t24-,26-,28-,30+,31+,32-,36+/m1/s1. The van der Waals surface area contributed by atoms with Crippen LogP contribution in [0.2, 0.25) is 0 Å². The van der Waals surface area contributed by atoms with Crippen molar-refractivity contribution in [3.8, 4) is 0 Å². The Kier molecular flexibility index (Phi) is 8.85. The van der Waals surface area contributed by atoms with Crippen LogP contribution in [0.1, 0.15) is 36.5 Å². The van der Waals surface area contributed by atoms with Gasteiger partial charge in [-0.15, -0.1) is 0 Å². The number of nitrogens with zero attached hydrogens (tertiary/aromatic N) is 2. The molecule has 0 aliphatic carbocycles. The maximum atomic E-state index is 14.9.